The molecule has 0 N–H and O–H groups in total. The molecule has 31 heavy (non-hydrogen) atoms. The second-order valence-electron chi connectivity index (χ2n) is 7.45. The van der Waals surface area contributed by atoms with Gasteiger partial charge in [0, 0.05) is 43.6 Å². The van der Waals surface area contributed by atoms with Crippen LogP contribution in [0.5, 0.6) is 5.75 Å². The third-order valence-corrected chi connectivity index (χ3v) is 5.46. The van der Waals surface area contributed by atoms with E-state index in [-0.39, 0.29) is 5.91 Å². The number of ether oxygens (including phenoxy) is 1. The summed E-state index contributed by atoms with van der Waals surface area (Å²) in [6.45, 7) is 5.14. The van der Waals surface area contributed by atoms with Crippen LogP contribution in [0.1, 0.15) is 27.2 Å². The summed E-state index contributed by atoms with van der Waals surface area (Å²) in [6.07, 6.45) is 1.71. The molecule has 5 nitrogen and oxygen atoms in total. The summed E-state index contributed by atoms with van der Waals surface area (Å²) >= 11 is 0. The molecule has 0 atom stereocenters. The lowest BCUT2D eigenvalue weighted by atomic mass is 10.1. The third kappa shape index (κ3) is 4.70. The van der Waals surface area contributed by atoms with Crippen LogP contribution in [-0.2, 0) is 0 Å². The number of rotatable bonds is 3. The van der Waals surface area contributed by atoms with Crippen molar-refractivity contribution >= 4 is 11.6 Å². The zero-order valence-corrected chi connectivity index (χ0v) is 17.8. The predicted octanol–water partition coefficient (Wildman–Crippen LogP) is 3.76. The van der Waals surface area contributed by atoms with Gasteiger partial charge in [0.2, 0.25) is 0 Å². The highest BCUT2D eigenvalue weighted by Crippen LogP contribution is 2.23. The van der Waals surface area contributed by atoms with Crippen molar-refractivity contribution in [1.29, 1.82) is 0 Å². The molecule has 0 radical (unpaired) electrons. The van der Waals surface area contributed by atoms with E-state index in [0.29, 0.717) is 35.7 Å². The number of hydrogen-bond acceptors (Lipinski definition) is 4. The van der Waals surface area contributed by atoms with Gasteiger partial charge in [0.15, 0.2) is 0 Å². The van der Waals surface area contributed by atoms with E-state index in [1.54, 1.807) is 25.4 Å². The van der Waals surface area contributed by atoms with Crippen molar-refractivity contribution < 1.29 is 9.53 Å². The van der Waals surface area contributed by atoms with Gasteiger partial charge in [0.1, 0.15) is 11.4 Å². The van der Waals surface area contributed by atoms with Gasteiger partial charge >= 0.3 is 0 Å². The van der Waals surface area contributed by atoms with Crippen LogP contribution in [0.25, 0.3) is 0 Å². The van der Waals surface area contributed by atoms with E-state index in [1.165, 1.54) is 11.3 Å². The molecule has 1 amide bonds. The fourth-order valence-electron chi connectivity index (χ4n) is 3.76. The molecule has 0 unspecified atom stereocenters. The van der Waals surface area contributed by atoms with Gasteiger partial charge in [-0.15, -0.1) is 0 Å². The highest BCUT2D eigenvalue weighted by molar-refractivity contribution is 5.95. The summed E-state index contributed by atoms with van der Waals surface area (Å²) < 4.78 is 5.43. The van der Waals surface area contributed by atoms with Crippen LogP contribution < -0.4 is 9.64 Å². The van der Waals surface area contributed by atoms with Crippen molar-refractivity contribution in [3.63, 3.8) is 0 Å². The number of para-hydroxylation sites is 1. The zero-order valence-electron chi connectivity index (χ0n) is 17.8. The molecule has 0 saturated carbocycles. The van der Waals surface area contributed by atoms with Gasteiger partial charge in [0.05, 0.1) is 12.7 Å². The number of pyridine rings is 1. The van der Waals surface area contributed by atoms with Crippen molar-refractivity contribution in [1.82, 2.24) is 9.88 Å². The first kappa shape index (κ1) is 20.5. The lowest BCUT2D eigenvalue weighted by Crippen LogP contribution is -2.49. The quantitative estimate of drug-likeness (QED) is 0.616. The maximum atomic E-state index is 13.1. The smallest absolute Gasteiger partial charge is 0.254 e. The Labute approximate surface area is 183 Å². The number of hydrogen-bond donors (Lipinski definition) is 0. The van der Waals surface area contributed by atoms with Gasteiger partial charge in [-0.1, -0.05) is 30.2 Å². The Hall–Kier alpha value is -3.78. The first-order valence-corrected chi connectivity index (χ1v) is 10.4. The van der Waals surface area contributed by atoms with Crippen LogP contribution >= 0.6 is 0 Å². The fourth-order valence-corrected chi connectivity index (χ4v) is 3.76. The Bertz CT molecular complexity index is 1120. The second-order valence-corrected chi connectivity index (χ2v) is 7.45. The summed E-state index contributed by atoms with van der Waals surface area (Å²) in [5.41, 5.74) is 4.47. The van der Waals surface area contributed by atoms with E-state index in [0.717, 1.165) is 13.1 Å². The van der Waals surface area contributed by atoms with E-state index < -0.39 is 0 Å². The van der Waals surface area contributed by atoms with Gasteiger partial charge in [-0.05, 0) is 54.8 Å². The number of piperazine rings is 1. The summed E-state index contributed by atoms with van der Waals surface area (Å²) in [5, 5.41) is 0. The number of benzene rings is 2. The minimum atomic E-state index is 0.0213. The number of aromatic nitrogens is 1. The van der Waals surface area contributed by atoms with E-state index in [4.69, 9.17) is 4.74 Å². The predicted molar refractivity (Wildman–Crippen MR) is 123 cm³/mol. The molecule has 0 aliphatic carbocycles. The molecule has 1 fully saturated rings. The van der Waals surface area contributed by atoms with Crippen LogP contribution in [0.2, 0.25) is 0 Å². The standard InChI is InChI=1S/C26H25N3O2/c1-20-7-3-4-9-24(20)28-15-17-29(18-16-28)26(30)22-11-13-25(31-2)21(19-22)10-12-23-8-5-6-14-27-23/h3-9,11,13-14,19H,15-18H2,1-2H3. The van der Waals surface area contributed by atoms with Crippen molar-refractivity contribution in [2.24, 2.45) is 0 Å². The van der Waals surface area contributed by atoms with Gasteiger partial charge in [0.25, 0.3) is 5.91 Å². The maximum Gasteiger partial charge on any atom is 0.254 e. The van der Waals surface area contributed by atoms with Crippen LogP contribution in [0.3, 0.4) is 0 Å². The monoisotopic (exact) mass is 411 g/mol. The van der Waals surface area contributed by atoms with Crippen LogP contribution in [-0.4, -0.2) is 49.1 Å². The molecule has 0 bridgehead atoms. The molecule has 1 saturated heterocycles. The van der Waals surface area contributed by atoms with Crippen LogP contribution in [0.15, 0.2) is 66.9 Å². The summed E-state index contributed by atoms with van der Waals surface area (Å²) in [7, 11) is 1.60. The van der Waals surface area contributed by atoms with E-state index in [2.05, 4.69) is 52.9 Å². The van der Waals surface area contributed by atoms with Crippen molar-refractivity contribution in [3.8, 4) is 17.6 Å². The topological polar surface area (TPSA) is 45.7 Å². The second kappa shape index (κ2) is 9.36. The van der Waals surface area contributed by atoms with E-state index in [1.807, 2.05) is 29.2 Å². The first-order valence-electron chi connectivity index (χ1n) is 10.4. The number of amides is 1. The molecule has 0 spiro atoms. The average molecular weight is 412 g/mol. The Kier molecular flexibility index (Phi) is 6.18. The highest BCUT2D eigenvalue weighted by Gasteiger charge is 2.23. The minimum absolute atomic E-state index is 0.0213. The molecule has 2 heterocycles. The Morgan fingerprint density at radius 2 is 1.74 bits per heavy atom. The molecule has 2 aromatic carbocycles. The molecule has 1 aliphatic heterocycles. The van der Waals surface area contributed by atoms with Crippen molar-refractivity contribution in [3.05, 3.63) is 89.2 Å². The Morgan fingerprint density at radius 3 is 2.45 bits per heavy atom. The number of aryl methyl sites for hydroxylation is 1. The zero-order chi connectivity index (χ0) is 21.6. The third-order valence-electron chi connectivity index (χ3n) is 5.46. The maximum absolute atomic E-state index is 13.1. The summed E-state index contributed by atoms with van der Waals surface area (Å²) in [6, 6.07) is 19.4. The highest BCUT2D eigenvalue weighted by atomic mass is 16.5. The largest absolute Gasteiger partial charge is 0.495 e. The van der Waals surface area contributed by atoms with Gasteiger partial charge in [-0.25, -0.2) is 4.98 Å². The Balaban J connectivity index is 1.49. The molecule has 156 valence electrons. The van der Waals surface area contributed by atoms with Crippen LogP contribution in [0.4, 0.5) is 5.69 Å². The molecule has 4 rings (SSSR count). The summed E-state index contributed by atoms with van der Waals surface area (Å²) in [4.78, 5) is 21.6. The van der Waals surface area contributed by atoms with Gasteiger partial charge in [-0.2, -0.15) is 0 Å². The molecular formula is C26H25N3O2. The normalized spacial score (nSPS) is 13.4. The first-order chi connectivity index (χ1) is 15.2. The molecule has 5 heteroatoms. The molecule has 1 aromatic heterocycles. The Morgan fingerprint density at radius 1 is 0.968 bits per heavy atom. The lowest BCUT2D eigenvalue weighted by Gasteiger charge is -2.36. The van der Waals surface area contributed by atoms with E-state index >= 15 is 0 Å². The number of nitrogens with zero attached hydrogens (tertiary/aromatic N) is 3. The van der Waals surface area contributed by atoms with Crippen molar-refractivity contribution in [2.45, 2.75) is 6.92 Å². The number of carbonyl (C=O) groups excluding carboxylic acids is 1. The number of carbonyl (C=O) groups is 1. The number of methoxy groups -OCH3 is 1. The fraction of sp³-hybridized carbons (Fsp3) is 0.231. The van der Waals surface area contributed by atoms with E-state index in [9.17, 15) is 4.79 Å². The number of anilines is 1. The van der Waals surface area contributed by atoms with Gasteiger partial charge in [-0.3, -0.25) is 4.79 Å². The average Bonchev–Trinajstić information content (AvgIpc) is 2.83. The van der Waals surface area contributed by atoms with Gasteiger partial charge < -0.3 is 14.5 Å². The molecular weight excluding hydrogens is 386 g/mol. The van der Waals surface area contributed by atoms with Crippen LogP contribution in [0, 0.1) is 18.8 Å². The molecule has 1 aliphatic rings. The molecule has 3 aromatic rings. The SMILES string of the molecule is COc1ccc(C(=O)N2CCN(c3ccccc3C)CC2)cc1C#Cc1ccccn1. The lowest BCUT2D eigenvalue weighted by molar-refractivity contribution is 0.0746. The summed E-state index contributed by atoms with van der Waals surface area (Å²) in [5.74, 6) is 6.80. The minimum Gasteiger partial charge on any atom is -0.495 e. The van der Waals surface area contributed by atoms with Crippen molar-refractivity contribution in [2.75, 3.05) is 38.2 Å².